The largest absolute Gasteiger partial charge is 0.481 e. The van der Waals surface area contributed by atoms with Crippen LogP contribution < -0.4 is 10.6 Å². The van der Waals surface area contributed by atoms with Crippen LogP contribution in [0, 0.1) is 19.3 Å². The number of carbonyl (C=O) groups excluding carboxylic acids is 1. The Morgan fingerprint density at radius 3 is 2.24 bits per heavy atom. The molecule has 2 rings (SSSR count). The fraction of sp³-hybridized carbons (Fsp3) is 0.500. The maximum atomic E-state index is 11.9. The van der Waals surface area contributed by atoms with Crippen LogP contribution in [-0.4, -0.2) is 23.7 Å². The maximum absolute atomic E-state index is 11.9. The van der Waals surface area contributed by atoms with Crippen LogP contribution in [-0.2, 0) is 4.79 Å². The number of hydrogen-bond donors (Lipinski definition) is 3. The first-order valence-electron chi connectivity index (χ1n) is 7.28. The number of hydrogen-bond acceptors (Lipinski definition) is 2. The van der Waals surface area contributed by atoms with E-state index in [2.05, 4.69) is 10.6 Å². The van der Waals surface area contributed by atoms with Gasteiger partial charge in [-0.25, -0.2) is 4.79 Å². The second kappa shape index (κ2) is 6.16. The Labute approximate surface area is 124 Å². The minimum atomic E-state index is -0.813. The molecule has 1 aliphatic rings. The summed E-state index contributed by atoms with van der Waals surface area (Å²) in [6.07, 6.45) is 3.08. The zero-order valence-corrected chi connectivity index (χ0v) is 12.5. The summed E-state index contributed by atoms with van der Waals surface area (Å²) in [4.78, 5) is 23.4. The molecule has 3 N–H and O–H groups in total. The highest BCUT2D eigenvalue weighted by molar-refractivity contribution is 5.90. The topological polar surface area (TPSA) is 78.4 Å². The fourth-order valence-electron chi connectivity index (χ4n) is 2.99. The second-order valence-corrected chi connectivity index (χ2v) is 5.98. The molecule has 0 aromatic heterocycles. The maximum Gasteiger partial charge on any atom is 0.319 e. The summed E-state index contributed by atoms with van der Waals surface area (Å²) < 4.78 is 0. The number of nitrogens with one attached hydrogen (secondary N) is 2. The molecule has 1 fully saturated rings. The number of amides is 2. The molecule has 1 aromatic rings. The quantitative estimate of drug-likeness (QED) is 0.797. The second-order valence-electron chi connectivity index (χ2n) is 5.98. The summed E-state index contributed by atoms with van der Waals surface area (Å²) in [5.41, 5.74) is 2.08. The van der Waals surface area contributed by atoms with E-state index in [1.807, 2.05) is 32.0 Å². The van der Waals surface area contributed by atoms with Crippen LogP contribution in [0.25, 0.3) is 0 Å². The highest BCUT2D eigenvalue weighted by Crippen LogP contribution is 2.37. The molecule has 0 aliphatic heterocycles. The van der Waals surface area contributed by atoms with Crippen LogP contribution >= 0.6 is 0 Å². The molecule has 1 saturated carbocycles. The lowest BCUT2D eigenvalue weighted by molar-refractivity contribution is -0.148. The van der Waals surface area contributed by atoms with Gasteiger partial charge in [-0.2, -0.15) is 0 Å². The third-order valence-corrected chi connectivity index (χ3v) is 4.08. The highest BCUT2D eigenvalue weighted by Gasteiger charge is 2.41. The van der Waals surface area contributed by atoms with Gasteiger partial charge in [0.15, 0.2) is 0 Å². The smallest absolute Gasteiger partial charge is 0.319 e. The zero-order valence-electron chi connectivity index (χ0n) is 12.5. The molecule has 1 aromatic carbocycles. The number of rotatable bonds is 4. The molecule has 0 saturated heterocycles. The van der Waals surface area contributed by atoms with E-state index in [1.54, 1.807) is 0 Å². The van der Waals surface area contributed by atoms with Crippen molar-refractivity contribution in [2.75, 3.05) is 11.9 Å². The average molecular weight is 290 g/mol. The van der Waals surface area contributed by atoms with Crippen LogP contribution in [0.2, 0.25) is 0 Å². The molecule has 114 valence electrons. The Hall–Kier alpha value is -2.04. The van der Waals surface area contributed by atoms with E-state index in [9.17, 15) is 14.7 Å². The van der Waals surface area contributed by atoms with Crippen molar-refractivity contribution in [2.24, 2.45) is 5.41 Å². The Balaban J connectivity index is 1.94. The van der Waals surface area contributed by atoms with Crippen molar-refractivity contribution in [2.45, 2.75) is 39.5 Å². The first kappa shape index (κ1) is 15.4. The molecule has 0 atom stereocenters. The molecule has 21 heavy (non-hydrogen) atoms. The molecule has 0 spiro atoms. The van der Waals surface area contributed by atoms with Gasteiger partial charge in [-0.1, -0.05) is 18.9 Å². The first-order chi connectivity index (χ1) is 9.91. The third kappa shape index (κ3) is 3.74. The van der Waals surface area contributed by atoms with Crippen LogP contribution in [0.1, 0.15) is 36.8 Å². The molecule has 1 aliphatic carbocycles. The minimum absolute atomic E-state index is 0.180. The summed E-state index contributed by atoms with van der Waals surface area (Å²) in [5, 5.41) is 14.8. The predicted octanol–water partition coefficient (Wildman–Crippen LogP) is 3.07. The lowest BCUT2D eigenvalue weighted by Crippen LogP contribution is -2.42. The zero-order chi connectivity index (χ0) is 15.5. The Morgan fingerprint density at radius 1 is 1.14 bits per heavy atom. The van der Waals surface area contributed by atoms with E-state index in [-0.39, 0.29) is 12.6 Å². The fourth-order valence-corrected chi connectivity index (χ4v) is 2.99. The van der Waals surface area contributed by atoms with E-state index in [1.165, 1.54) is 0 Å². The van der Waals surface area contributed by atoms with Crippen LogP contribution in [0.3, 0.4) is 0 Å². The lowest BCUT2D eigenvalue weighted by atomic mass is 9.86. The van der Waals surface area contributed by atoms with E-state index >= 15 is 0 Å². The number of urea groups is 1. The number of benzene rings is 1. The number of aryl methyl sites for hydroxylation is 2. The van der Waals surface area contributed by atoms with Gasteiger partial charge in [-0.3, -0.25) is 4.79 Å². The summed E-state index contributed by atoms with van der Waals surface area (Å²) in [6.45, 7) is 4.11. The summed E-state index contributed by atoms with van der Waals surface area (Å²) in [5.74, 6) is -0.813. The Morgan fingerprint density at radius 2 is 1.71 bits per heavy atom. The van der Waals surface area contributed by atoms with Gasteiger partial charge in [0.1, 0.15) is 0 Å². The van der Waals surface area contributed by atoms with Crippen molar-refractivity contribution < 1.29 is 14.7 Å². The van der Waals surface area contributed by atoms with Crippen molar-refractivity contribution >= 4 is 17.7 Å². The number of aliphatic carboxylic acids is 1. The average Bonchev–Trinajstić information content (AvgIpc) is 2.85. The molecular formula is C16H22N2O3. The summed E-state index contributed by atoms with van der Waals surface area (Å²) in [7, 11) is 0. The predicted molar refractivity (Wildman–Crippen MR) is 81.5 cm³/mol. The van der Waals surface area contributed by atoms with Crippen molar-refractivity contribution in [3.63, 3.8) is 0 Å². The molecule has 0 radical (unpaired) electrons. The molecule has 2 amide bonds. The monoisotopic (exact) mass is 290 g/mol. The van der Waals surface area contributed by atoms with Gasteiger partial charge in [-0.05, 0) is 49.9 Å². The number of carboxylic acid groups (broad SMARTS) is 1. The van der Waals surface area contributed by atoms with Gasteiger partial charge >= 0.3 is 12.0 Å². The van der Waals surface area contributed by atoms with E-state index in [0.29, 0.717) is 12.8 Å². The Bertz CT molecular complexity index is 528. The summed E-state index contributed by atoms with van der Waals surface area (Å²) in [6, 6.07) is 5.44. The van der Waals surface area contributed by atoms with Crippen molar-refractivity contribution in [3.05, 3.63) is 29.3 Å². The molecule has 0 bridgehead atoms. The number of carbonyl (C=O) groups is 2. The van der Waals surface area contributed by atoms with Gasteiger partial charge in [0.2, 0.25) is 0 Å². The van der Waals surface area contributed by atoms with E-state index in [4.69, 9.17) is 0 Å². The lowest BCUT2D eigenvalue weighted by Gasteiger charge is -2.24. The number of carboxylic acids is 1. The summed E-state index contributed by atoms with van der Waals surface area (Å²) >= 11 is 0. The van der Waals surface area contributed by atoms with Crippen molar-refractivity contribution in [3.8, 4) is 0 Å². The Kier molecular flexibility index (Phi) is 4.50. The van der Waals surface area contributed by atoms with Gasteiger partial charge in [0.25, 0.3) is 0 Å². The van der Waals surface area contributed by atoms with Gasteiger partial charge in [0, 0.05) is 12.2 Å². The molecule has 0 unspecified atom stereocenters. The standard InChI is InChI=1S/C16H22N2O3/c1-11-7-12(2)9-13(8-11)18-15(21)17-10-16(14(19)20)5-3-4-6-16/h7-9H,3-6,10H2,1-2H3,(H,19,20)(H2,17,18,21). The molecule has 5 heteroatoms. The van der Waals surface area contributed by atoms with Gasteiger partial charge < -0.3 is 15.7 Å². The van der Waals surface area contributed by atoms with Crippen LogP contribution in [0.4, 0.5) is 10.5 Å². The normalized spacial score (nSPS) is 16.5. The van der Waals surface area contributed by atoms with Crippen LogP contribution in [0.5, 0.6) is 0 Å². The number of anilines is 1. The van der Waals surface area contributed by atoms with E-state index in [0.717, 1.165) is 29.7 Å². The van der Waals surface area contributed by atoms with E-state index < -0.39 is 11.4 Å². The SMILES string of the molecule is Cc1cc(C)cc(NC(=O)NCC2(C(=O)O)CCCC2)c1. The highest BCUT2D eigenvalue weighted by atomic mass is 16.4. The van der Waals surface area contributed by atoms with Gasteiger partial charge in [-0.15, -0.1) is 0 Å². The first-order valence-corrected chi connectivity index (χ1v) is 7.28. The third-order valence-electron chi connectivity index (χ3n) is 4.08. The molecule has 0 heterocycles. The van der Waals surface area contributed by atoms with Gasteiger partial charge in [0.05, 0.1) is 5.41 Å². The molecular weight excluding hydrogens is 268 g/mol. The van der Waals surface area contributed by atoms with Crippen molar-refractivity contribution in [1.29, 1.82) is 0 Å². The molecule has 5 nitrogen and oxygen atoms in total. The van der Waals surface area contributed by atoms with Crippen molar-refractivity contribution in [1.82, 2.24) is 5.32 Å². The van der Waals surface area contributed by atoms with Crippen LogP contribution in [0.15, 0.2) is 18.2 Å². The minimum Gasteiger partial charge on any atom is -0.481 e.